The van der Waals surface area contributed by atoms with Crippen LogP contribution in [0.4, 0.5) is 5.69 Å². The molecule has 9 heteroatoms. The number of ether oxygens (including phenoxy) is 1. The van der Waals surface area contributed by atoms with Gasteiger partial charge >= 0.3 is 5.97 Å². The van der Waals surface area contributed by atoms with Gasteiger partial charge in [-0.25, -0.2) is 9.00 Å². The van der Waals surface area contributed by atoms with E-state index in [9.17, 15) is 13.6 Å². The maximum Gasteiger partial charge on any atom is 0.347 e. The van der Waals surface area contributed by atoms with E-state index in [1.54, 1.807) is 13.0 Å². The highest BCUT2D eigenvalue weighted by Crippen LogP contribution is 2.35. The number of benzene rings is 2. The smallest absolute Gasteiger partial charge is 0.347 e. The summed E-state index contributed by atoms with van der Waals surface area (Å²) >= 11 is -2.15. The molecular weight excluding hydrogens is 446 g/mol. The SMILES string of the molecule is C=C1NN(CCCC)S(Cc2ccc(-c3ccccc3NS(=O)O)cc2)=C1C(=O)OCC. The Kier molecular flexibility index (Phi) is 8.63. The van der Waals surface area contributed by atoms with Crippen LogP contribution in [0.1, 0.15) is 32.3 Å². The molecule has 2 atom stereocenters. The minimum absolute atomic E-state index is 0.319. The second-order valence-corrected chi connectivity index (χ2v) is 9.77. The monoisotopic (exact) mass is 475 g/mol. The zero-order valence-corrected chi connectivity index (χ0v) is 19.9. The lowest BCUT2D eigenvalue weighted by Crippen LogP contribution is -2.29. The van der Waals surface area contributed by atoms with E-state index in [0.717, 1.165) is 36.1 Å². The lowest BCUT2D eigenvalue weighted by molar-refractivity contribution is -0.134. The van der Waals surface area contributed by atoms with Gasteiger partial charge in [-0.15, -0.1) is 0 Å². The highest BCUT2D eigenvalue weighted by molar-refractivity contribution is 8.14. The molecule has 0 radical (unpaired) electrons. The fourth-order valence-corrected chi connectivity index (χ4v) is 5.95. The standard InChI is InChI=1S/C23H29N3O4S2/c1-4-6-15-26-24-17(3)22(23(27)30-5-2)31(26)16-18-11-13-19(14-12-18)20-9-7-8-10-21(20)25-32(28)29/h7-14,24-25H,3-6,15-16H2,1-2H3,(H,28,29). The molecule has 0 amide bonds. The highest BCUT2D eigenvalue weighted by atomic mass is 32.2. The average molecular weight is 476 g/mol. The van der Waals surface area contributed by atoms with Crippen LogP contribution in [0.5, 0.6) is 0 Å². The first kappa shape index (κ1) is 24.2. The zero-order valence-electron chi connectivity index (χ0n) is 18.3. The Balaban J connectivity index is 1.88. The van der Waals surface area contributed by atoms with Gasteiger partial charge in [0.25, 0.3) is 11.3 Å². The molecule has 1 aliphatic heterocycles. The predicted octanol–water partition coefficient (Wildman–Crippen LogP) is 4.46. The van der Waals surface area contributed by atoms with Gasteiger partial charge in [0.05, 0.1) is 18.0 Å². The van der Waals surface area contributed by atoms with Gasteiger partial charge in [-0.05, 0) is 30.5 Å². The fraction of sp³-hybridized carbons (Fsp3) is 0.304. The predicted molar refractivity (Wildman–Crippen MR) is 133 cm³/mol. The topological polar surface area (TPSA) is 90.9 Å². The van der Waals surface area contributed by atoms with Crippen molar-refractivity contribution in [3.05, 3.63) is 66.4 Å². The molecule has 0 saturated carbocycles. The van der Waals surface area contributed by atoms with Gasteiger partial charge < -0.3 is 10.2 Å². The van der Waals surface area contributed by atoms with Gasteiger partial charge in [0.15, 0.2) is 0 Å². The van der Waals surface area contributed by atoms with Crippen molar-refractivity contribution in [2.75, 3.05) is 17.9 Å². The van der Waals surface area contributed by atoms with Crippen LogP contribution < -0.4 is 10.1 Å². The number of carbonyl (C=O) groups is 1. The Morgan fingerprint density at radius 3 is 2.59 bits per heavy atom. The van der Waals surface area contributed by atoms with Crippen LogP contribution in [0.2, 0.25) is 0 Å². The summed E-state index contributed by atoms with van der Waals surface area (Å²) in [6, 6.07) is 15.4. The summed E-state index contributed by atoms with van der Waals surface area (Å²) in [5.41, 5.74) is 7.30. The van der Waals surface area contributed by atoms with E-state index in [1.807, 2.05) is 42.5 Å². The number of hydrogen-bond donors (Lipinski definition) is 3. The van der Waals surface area contributed by atoms with Crippen LogP contribution in [-0.2, 0) is 26.6 Å². The third-order valence-corrected chi connectivity index (χ3v) is 7.60. The van der Waals surface area contributed by atoms with E-state index >= 15 is 0 Å². The molecule has 0 bridgehead atoms. The minimum Gasteiger partial charge on any atom is -0.462 e. The largest absolute Gasteiger partial charge is 0.462 e. The normalized spacial score (nSPS) is 17.2. The third kappa shape index (κ3) is 5.86. The van der Waals surface area contributed by atoms with E-state index in [2.05, 4.69) is 28.1 Å². The minimum atomic E-state index is -2.15. The number of hydrazine groups is 1. The van der Waals surface area contributed by atoms with E-state index in [4.69, 9.17) is 4.74 Å². The van der Waals surface area contributed by atoms with E-state index in [0.29, 0.717) is 28.6 Å². The molecule has 0 fully saturated rings. The number of esters is 1. The maximum atomic E-state index is 12.6. The van der Waals surface area contributed by atoms with Crippen LogP contribution >= 0.6 is 10.7 Å². The number of carbonyl (C=O) groups excluding carboxylic acids is 1. The lowest BCUT2D eigenvalue weighted by Gasteiger charge is -2.21. The fourth-order valence-electron chi connectivity index (χ4n) is 3.40. The summed E-state index contributed by atoms with van der Waals surface area (Å²) in [6.45, 7) is 9.11. The molecule has 2 aromatic rings. The molecule has 172 valence electrons. The first-order valence-corrected chi connectivity index (χ1v) is 12.9. The number of hydrogen-bond acceptors (Lipinski definition) is 5. The zero-order chi connectivity index (χ0) is 23.1. The molecule has 1 heterocycles. The number of unbranched alkanes of at least 4 members (excludes halogenated alkanes) is 1. The van der Waals surface area contributed by atoms with Crippen molar-refractivity contribution in [2.24, 2.45) is 0 Å². The van der Waals surface area contributed by atoms with E-state index < -0.39 is 21.9 Å². The summed E-state index contributed by atoms with van der Waals surface area (Å²) in [5.74, 6) is 0.339. The van der Waals surface area contributed by atoms with Crippen LogP contribution in [0, 0.1) is 0 Å². The summed E-state index contributed by atoms with van der Waals surface area (Å²) in [4.78, 5) is 13.2. The molecule has 3 rings (SSSR count). The molecule has 1 aliphatic rings. The van der Waals surface area contributed by atoms with Crippen molar-refractivity contribution < 1.29 is 18.3 Å². The van der Waals surface area contributed by atoms with Crippen molar-refractivity contribution in [1.29, 1.82) is 0 Å². The molecule has 0 aliphatic carbocycles. The van der Waals surface area contributed by atoms with Gasteiger partial charge in [-0.2, -0.15) is 4.41 Å². The lowest BCUT2D eigenvalue weighted by atomic mass is 10.0. The summed E-state index contributed by atoms with van der Waals surface area (Å²) in [7, 11) is -0.501. The second kappa shape index (κ2) is 11.4. The average Bonchev–Trinajstić information content (AvgIpc) is 3.08. The molecule has 2 aromatic carbocycles. The Morgan fingerprint density at radius 2 is 1.94 bits per heavy atom. The molecule has 2 unspecified atom stereocenters. The Morgan fingerprint density at radius 1 is 1.22 bits per heavy atom. The van der Waals surface area contributed by atoms with Crippen LogP contribution in [0.25, 0.3) is 11.1 Å². The highest BCUT2D eigenvalue weighted by Gasteiger charge is 2.30. The number of para-hydroxylation sites is 1. The second-order valence-electron chi connectivity index (χ2n) is 7.20. The first-order valence-electron chi connectivity index (χ1n) is 10.5. The molecule has 3 N–H and O–H groups in total. The maximum absolute atomic E-state index is 12.6. The summed E-state index contributed by atoms with van der Waals surface area (Å²) in [6.07, 6.45) is 2.06. The van der Waals surface area contributed by atoms with Crippen LogP contribution in [0.3, 0.4) is 0 Å². The van der Waals surface area contributed by atoms with Crippen molar-refractivity contribution in [1.82, 2.24) is 9.84 Å². The Hall–Kier alpha value is -2.46. The van der Waals surface area contributed by atoms with Gasteiger partial charge in [0.2, 0.25) is 0 Å². The Bertz CT molecular complexity index is 1040. The van der Waals surface area contributed by atoms with Gasteiger partial charge in [-0.1, -0.05) is 73.1 Å². The van der Waals surface area contributed by atoms with Crippen molar-refractivity contribution >= 4 is 38.5 Å². The van der Waals surface area contributed by atoms with Crippen LogP contribution in [-0.4, -0.2) is 37.2 Å². The molecular formula is C23H29N3O4S2. The molecule has 0 spiro atoms. The molecule has 7 nitrogen and oxygen atoms in total. The van der Waals surface area contributed by atoms with Crippen molar-refractivity contribution in [3.63, 3.8) is 0 Å². The van der Waals surface area contributed by atoms with Crippen LogP contribution in [0.15, 0.2) is 60.8 Å². The van der Waals surface area contributed by atoms with Gasteiger partial charge in [-0.3, -0.25) is 9.27 Å². The number of nitrogens with one attached hydrogen (secondary N) is 2. The van der Waals surface area contributed by atoms with E-state index in [-0.39, 0.29) is 5.97 Å². The molecule has 0 saturated heterocycles. The van der Waals surface area contributed by atoms with Gasteiger partial charge in [0.1, 0.15) is 4.86 Å². The third-order valence-electron chi connectivity index (χ3n) is 4.90. The summed E-state index contributed by atoms with van der Waals surface area (Å²) < 4.78 is 30.4. The van der Waals surface area contributed by atoms with E-state index in [1.165, 1.54) is 0 Å². The van der Waals surface area contributed by atoms with Crippen molar-refractivity contribution in [2.45, 2.75) is 32.4 Å². The number of anilines is 1. The molecule has 0 aromatic heterocycles. The van der Waals surface area contributed by atoms with Gasteiger partial charge in [0, 0.05) is 17.9 Å². The van der Waals surface area contributed by atoms with Crippen molar-refractivity contribution in [3.8, 4) is 11.1 Å². The summed E-state index contributed by atoms with van der Waals surface area (Å²) in [5, 5.41) is 0. The number of rotatable bonds is 10. The quantitative estimate of drug-likeness (QED) is 0.203. The Labute approximate surface area is 194 Å². The number of nitrogens with zero attached hydrogens (tertiary/aromatic N) is 1. The first-order chi connectivity index (χ1) is 15.4. The molecule has 32 heavy (non-hydrogen) atoms.